The summed E-state index contributed by atoms with van der Waals surface area (Å²) in [6.07, 6.45) is 1.03. The van der Waals surface area contributed by atoms with E-state index in [1.54, 1.807) is 12.1 Å². The molecule has 1 atom stereocenters. The van der Waals surface area contributed by atoms with Gasteiger partial charge in [-0.3, -0.25) is 4.18 Å². The molecule has 0 saturated carbocycles. The predicted molar refractivity (Wildman–Crippen MR) is 77.7 cm³/mol. The van der Waals surface area contributed by atoms with Gasteiger partial charge < -0.3 is 0 Å². The van der Waals surface area contributed by atoms with Crippen LogP contribution in [-0.2, 0) is 14.3 Å². The van der Waals surface area contributed by atoms with Crippen molar-refractivity contribution in [3.05, 3.63) is 29.8 Å². The molecular formula is C15H24O3S. The molecule has 0 aromatic heterocycles. The molecule has 1 rings (SSSR count). The van der Waals surface area contributed by atoms with Crippen LogP contribution in [0.1, 0.15) is 52.5 Å². The van der Waals surface area contributed by atoms with Gasteiger partial charge in [0.05, 0.1) is 11.5 Å². The molecule has 108 valence electrons. The van der Waals surface area contributed by atoms with Gasteiger partial charge in [0.15, 0.2) is 0 Å². The minimum absolute atomic E-state index is 0.177. The topological polar surface area (TPSA) is 43.4 Å². The minimum Gasteiger partial charge on any atom is -0.266 e. The van der Waals surface area contributed by atoms with Crippen LogP contribution in [0, 0.1) is 5.41 Å². The highest BCUT2D eigenvalue weighted by Crippen LogP contribution is 2.22. The third kappa shape index (κ3) is 4.96. The van der Waals surface area contributed by atoms with Crippen LogP contribution in [0.15, 0.2) is 29.2 Å². The van der Waals surface area contributed by atoms with Gasteiger partial charge in [-0.25, -0.2) is 0 Å². The quantitative estimate of drug-likeness (QED) is 0.769. The van der Waals surface area contributed by atoms with Gasteiger partial charge in [-0.05, 0) is 35.4 Å². The first-order valence-corrected chi connectivity index (χ1v) is 8.06. The molecule has 0 saturated heterocycles. The van der Waals surface area contributed by atoms with Crippen molar-refractivity contribution in [2.75, 3.05) is 6.61 Å². The average molecular weight is 284 g/mol. The second kappa shape index (κ2) is 6.06. The summed E-state index contributed by atoms with van der Waals surface area (Å²) in [5, 5.41) is 0. The third-order valence-electron chi connectivity index (χ3n) is 3.00. The highest BCUT2D eigenvalue weighted by Gasteiger charge is 2.20. The number of benzene rings is 1. The summed E-state index contributed by atoms with van der Waals surface area (Å²) in [7, 11) is -3.64. The van der Waals surface area contributed by atoms with Gasteiger partial charge in [-0.15, -0.1) is 0 Å². The van der Waals surface area contributed by atoms with E-state index in [-0.39, 0.29) is 16.9 Å². The van der Waals surface area contributed by atoms with Crippen LogP contribution in [0.4, 0.5) is 0 Å². The van der Waals surface area contributed by atoms with Gasteiger partial charge in [0, 0.05) is 0 Å². The Morgan fingerprint density at radius 1 is 1.16 bits per heavy atom. The molecule has 4 heteroatoms. The summed E-state index contributed by atoms with van der Waals surface area (Å²) in [4.78, 5) is 0.226. The summed E-state index contributed by atoms with van der Waals surface area (Å²) in [6, 6.07) is 6.97. The molecule has 0 aliphatic carbocycles. The van der Waals surface area contributed by atoms with Gasteiger partial charge in [0.25, 0.3) is 10.1 Å². The molecule has 0 aliphatic heterocycles. The van der Waals surface area contributed by atoms with E-state index in [0.29, 0.717) is 5.92 Å². The maximum Gasteiger partial charge on any atom is 0.296 e. The van der Waals surface area contributed by atoms with Crippen molar-refractivity contribution in [2.24, 2.45) is 5.41 Å². The third-order valence-corrected chi connectivity index (χ3v) is 4.27. The van der Waals surface area contributed by atoms with Crippen molar-refractivity contribution >= 4 is 10.1 Å². The lowest BCUT2D eigenvalue weighted by molar-refractivity contribution is 0.203. The Morgan fingerprint density at radius 2 is 1.68 bits per heavy atom. The lowest BCUT2D eigenvalue weighted by atomic mass is 9.99. The Balaban J connectivity index is 2.85. The van der Waals surface area contributed by atoms with E-state index < -0.39 is 10.1 Å². The first-order chi connectivity index (χ1) is 8.65. The molecule has 19 heavy (non-hydrogen) atoms. The Labute approximate surface area is 117 Å². The number of rotatable bonds is 5. The summed E-state index contributed by atoms with van der Waals surface area (Å²) in [6.45, 7) is 10.2. The van der Waals surface area contributed by atoms with Crippen molar-refractivity contribution in [1.82, 2.24) is 0 Å². The molecule has 0 bridgehead atoms. The molecule has 0 spiro atoms. The van der Waals surface area contributed by atoms with Crippen LogP contribution < -0.4 is 0 Å². The SMILES string of the molecule is CCC(C)c1ccc(S(=O)(=O)OCC(C)(C)C)cc1. The second-order valence-electron chi connectivity index (χ2n) is 6.16. The van der Waals surface area contributed by atoms with Gasteiger partial charge >= 0.3 is 0 Å². The molecule has 0 heterocycles. The van der Waals surface area contributed by atoms with Gasteiger partial charge in [0.1, 0.15) is 0 Å². The van der Waals surface area contributed by atoms with Crippen molar-refractivity contribution in [1.29, 1.82) is 0 Å². The van der Waals surface area contributed by atoms with E-state index in [4.69, 9.17) is 4.18 Å². The van der Waals surface area contributed by atoms with Crippen LogP contribution >= 0.6 is 0 Å². The second-order valence-corrected chi connectivity index (χ2v) is 7.77. The van der Waals surface area contributed by atoms with Crippen molar-refractivity contribution in [3.8, 4) is 0 Å². The highest BCUT2D eigenvalue weighted by atomic mass is 32.2. The monoisotopic (exact) mass is 284 g/mol. The lowest BCUT2D eigenvalue weighted by Gasteiger charge is -2.17. The molecule has 0 amide bonds. The van der Waals surface area contributed by atoms with E-state index in [1.807, 2.05) is 32.9 Å². The fourth-order valence-corrected chi connectivity index (χ4v) is 2.64. The predicted octanol–water partition coefficient (Wildman–Crippen LogP) is 3.95. The fraction of sp³-hybridized carbons (Fsp3) is 0.600. The van der Waals surface area contributed by atoms with E-state index >= 15 is 0 Å². The fourth-order valence-electron chi connectivity index (χ4n) is 1.52. The summed E-state index contributed by atoms with van der Waals surface area (Å²) in [5.41, 5.74) is 0.973. The van der Waals surface area contributed by atoms with Gasteiger partial charge in [-0.1, -0.05) is 46.8 Å². The highest BCUT2D eigenvalue weighted by molar-refractivity contribution is 7.86. The Bertz CT molecular complexity index is 495. The summed E-state index contributed by atoms with van der Waals surface area (Å²) >= 11 is 0. The zero-order chi connectivity index (χ0) is 14.7. The van der Waals surface area contributed by atoms with Crippen molar-refractivity contribution in [3.63, 3.8) is 0 Å². The van der Waals surface area contributed by atoms with E-state index in [0.717, 1.165) is 12.0 Å². The first kappa shape index (κ1) is 16.2. The minimum atomic E-state index is -3.64. The average Bonchev–Trinajstić information content (AvgIpc) is 2.35. The molecule has 1 aromatic rings. The number of hydrogen-bond acceptors (Lipinski definition) is 3. The molecular weight excluding hydrogens is 260 g/mol. The largest absolute Gasteiger partial charge is 0.296 e. The summed E-state index contributed by atoms with van der Waals surface area (Å²) in [5.74, 6) is 0.437. The number of hydrogen-bond donors (Lipinski definition) is 0. The molecule has 0 aliphatic rings. The molecule has 0 fully saturated rings. The normalized spacial score (nSPS) is 14.4. The molecule has 3 nitrogen and oxygen atoms in total. The van der Waals surface area contributed by atoms with E-state index in [2.05, 4.69) is 13.8 Å². The molecule has 1 aromatic carbocycles. The van der Waals surface area contributed by atoms with Gasteiger partial charge in [0.2, 0.25) is 0 Å². The van der Waals surface area contributed by atoms with Crippen molar-refractivity contribution < 1.29 is 12.6 Å². The molecule has 0 N–H and O–H groups in total. The Kier molecular flexibility index (Phi) is 5.16. The smallest absolute Gasteiger partial charge is 0.266 e. The zero-order valence-corrected chi connectivity index (χ0v) is 13.3. The standard InChI is InChI=1S/C15H24O3S/c1-6-12(2)13-7-9-14(10-8-13)19(16,17)18-11-15(3,4)5/h7-10,12H,6,11H2,1-5H3. The maximum absolute atomic E-state index is 12.0. The van der Waals surface area contributed by atoms with Crippen molar-refractivity contribution in [2.45, 2.75) is 51.9 Å². The van der Waals surface area contributed by atoms with Crippen LogP contribution in [0.5, 0.6) is 0 Å². The Morgan fingerprint density at radius 3 is 2.11 bits per heavy atom. The zero-order valence-electron chi connectivity index (χ0n) is 12.4. The van der Waals surface area contributed by atoms with Gasteiger partial charge in [-0.2, -0.15) is 8.42 Å². The summed E-state index contributed by atoms with van der Waals surface area (Å²) < 4.78 is 29.1. The van der Waals surface area contributed by atoms with Crippen LogP contribution in [-0.4, -0.2) is 15.0 Å². The first-order valence-electron chi connectivity index (χ1n) is 6.65. The Hall–Kier alpha value is -0.870. The molecule has 1 unspecified atom stereocenters. The van der Waals surface area contributed by atoms with Crippen LogP contribution in [0.2, 0.25) is 0 Å². The van der Waals surface area contributed by atoms with E-state index in [9.17, 15) is 8.42 Å². The van der Waals surface area contributed by atoms with E-state index in [1.165, 1.54) is 0 Å². The molecule has 0 radical (unpaired) electrons. The van der Waals surface area contributed by atoms with Crippen LogP contribution in [0.3, 0.4) is 0 Å². The maximum atomic E-state index is 12.0. The lowest BCUT2D eigenvalue weighted by Crippen LogP contribution is -2.18. The van der Waals surface area contributed by atoms with Crippen LogP contribution in [0.25, 0.3) is 0 Å².